The minimum absolute atomic E-state index is 0.137. The van der Waals surface area contributed by atoms with Crippen molar-refractivity contribution in [2.24, 2.45) is 11.8 Å². The summed E-state index contributed by atoms with van der Waals surface area (Å²) in [6, 6.07) is 4.14. The first-order valence-corrected chi connectivity index (χ1v) is 7.69. The molecule has 4 heteroatoms. The summed E-state index contributed by atoms with van der Waals surface area (Å²) in [6.45, 7) is 1.69. The number of carbonyl (C=O) groups is 1. The number of piperidine rings is 1. The maximum atomic E-state index is 12.5. The Balaban J connectivity index is 1.41. The van der Waals surface area contributed by atoms with Gasteiger partial charge in [0.25, 0.3) is 5.91 Å². The summed E-state index contributed by atoms with van der Waals surface area (Å²) in [4.78, 5) is 18.8. The Bertz CT molecular complexity index is 510. The lowest BCUT2D eigenvalue weighted by molar-refractivity contribution is 0.0703. The number of likely N-dealkylation sites (tertiary alicyclic amines) is 1. The Kier molecular flexibility index (Phi) is 2.90. The van der Waals surface area contributed by atoms with Crippen molar-refractivity contribution in [3.05, 3.63) is 23.9 Å². The quantitative estimate of drug-likeness (QED) is 0.845. The van der Waals surface area contributed by atoms with Gasteiger partial charge >= 0.3 is 0 Å². The maximum Gasteiger partial charge on any atom is 0.255 e. The van der Waals surface area contributed by atoms with Crippen LogP contribution in [0, 0.1) is 11.8 Å². The molecule has 1 aliphatic heterocycles. The lowest BCUT2D eigenvalue weighted by Crippen LogP contribution is -2.37. The molecule has 0 N–H and O–H groups in total. The minimum Gasteiger partial charge on any atom is -0.477 e. The molecule has 2 heterocycles. The normalized spacial score (nSPS) is 27.9. The lowest BCUT2D eigenvalue weighted by Gasteiger charge is -2.26. The van der Waals surface area contributed by atoms with E-state index >= 15 is 0 Å². The summed E-state index contributed by atoms with van der Waals surface area (Å²) in [5.74, 6) is 2.23. The average Bonchev–Trinajstić information content (AvgIpc) is 3.08. The van der Waals surface area contributed by atoms with Crippen LogP contribution in [0.1, 0.15) is 42.5 Å². The zero-order valence-corrected chi connectivity index (χ0v) is 11.6. The van der Waals surface area contributed by atoms with Crippen LogP contribution in [0.5, 0.6) is 5.88 Å². The number of amides is 1. The van der Waals surface area contributed by atoms with Gasteiger partial charge in [-0.3, -0.25) is 4.79 Å². The van der Waals surface area contributed by atoms with Gasteiger partial charge in [0.05, 0.1) is 12.2 Å². The van der Waals surface area contributed by atoms with E-state index in [2.05, 4.69) is 4.98 Å². The fourth-order valence-electron chi connectivity index (χ4n) is 3.42. The van der Waals surface area contributed by atoms with Crippen molar-refractivity contribution >= 4 is 5.91 Å². The molecule has 2 saturated carbocycles. The van der Waals surface area contributed by atoms with Gasteiger partial charge < -0.3 is 9.64 Å². The third-order valence-corrected chi connectivity index (χ3v) is 4.82. The molecule has 1 aromatic rings. The first kappa shape index (κ1) is 12.2. The summed E-state index contributed by atoms with van der Waals surface area (Å²) in [5, 5.41) is 0. The molecule has 2 bridgehead atoms. The monoisotopic (exact) mass is 272 g/mol. The van der Waals surface area contributed by atoms with E-state index < -0.39 is 0 Å². The number of carbonyl (C=O) groups excluding carboxylic acids is 1. The summed E-state index contributed by atoms with van der Waals surface area (Å²) in [6.07, 6.45) is 7.87. The summed E-state index contributed by atoms with van der Waals surface area (Å²) >= 11 is 0. The zero-order valence-electron chi connectivity index (χ0n) is 11.6. The van der Waals surface area contributed by atoms with Gasteiger partial charge in [0.15, 0.2) is 0 Å². The van der Waals surface area contributed by atoms with Crippen molar-refractivity contribution in [1.82, 2.24) is 9.88 Å². The molecule has 3 aliphatic rings. The van der Waals surface area contributed by atoms with Crippen LogP contribution in [0.25, 0.3) is 0 Å². The Morgan fingerprint density at radius 2 is 2.20 bits per heavy atom. The molecular weight excluding hydrogens is 252 g/mol. The van der Waals surface area contributed by atoms with Crippen LogP contribution in [0.2, 0.25) is 0 Å². The number of ether oxygens (including phenoxy) is 1. The minimum atomic E-state index is 0.137. The number of pyridine rings is 1. The molecule has 0 unspecified atom stereocenters. The summed E-state index contributed by atoms with van der Waals surface area (Å²) < 4.78 is 5.60. The van der Waals surface area contributed by atoms with Gasteiger partial charge in [-0.05, 0) is 50.0 Å². The van der Waals surface area contributed by atoms with Crippen molar-refractivity contribution in [2.75, 3.05) is 13.2 Å². The van der Waals surface area contributed by atoms with E-state index in [-0.39, 0.29) is 5.91 Å². The topological polar surface area (TPSA) is 42.4 Å². The van der Waals surface area contributed by atoms with E-state index in [9.17, 15) is 4.79 Å². The summed E-state index contributed by atoms with van der Waals surface area (Å²) in [7, 11) is 0. The molecule has 106 valence electrons. The van der Waals surface area contributed by atoms with Gasteiger partial charge in [0.2, 0.25) is 5.88 Å². The van der Waals surface area contributed by atoms with Crippen molar-refractivity contribution in [1.29, 1.82) is 0 Å². The van der Waals surface area contributed by atoms with Gasteiger partial charge in [-0.2, -0.15) is 0 Å². The zero-order chi connectivity index (χ0) is 13.5. The van der Waals surface area contributed by atoms with Crippen LogP contribution in [0.3, 0.4) is 0 Å². The number of hydrogen-bond donors (Lipinski definition) is 0. The van der Waals surface area contributed by atoms with Gasteiger partial charge in [-0.1, -0.05) is 0 Å². The van der Waals surface area contributed by atoms with Crippen LogP contribution in [-0.4, -0.2) is 35.0 Å². The molecular formula is C16H20N2O2. The molecule has 20 heavy (non-hydrogen) atoms. The fourth-order valence-corrected chi connectivity index (χ4v) is 3.42. The van der Waals surface area contributed by atoms with Crippen molar-refractivity contribution in [3.63, 3.8) is 0 Å². The van der Waals surface area contributed by atoms with Gasteiger partial charge in [0, 0.05) is 24.8 Å². The van der Waals surface area contributed by atoms with Crippen LogP contribution >= 0.6 is 0 Å². The fraction of sp³-hybridized carbons (Fsp3) is 0.625. The van der Waals surface area contributed by atoms with Crippen LogP contribution in [0.4, 0.5) is 0 Å². The third-order valence-electron chi connectivity index (χ3n) is 4.82. The Hall–Kier alpha value is -1.58. The number of hydrogen-bond acceptors (Lipinski definition) is 3. The Morgan fingerprint density at radius 3 is 2.80 bits per heavy atom. The number of nitrogens with zero attached hydrogens (tertiary/aromatic N) is 2. The largest absolute Gasteiger partial charge is 0.477 e. The standard InChI is InChI=1S/C16H20N2O2/c19-16(18-9-12-3-5-14(18)7-12)13-4-6-15(17-8-13)20-10-11-1-2-11/h4,6,8,11-12,14H,1-3,5,7,9-10H2/t12-,14+/m1/s1. The molecule has 0 aromatic carbocycles. The Labute approximate surface area is 119 Å². The smallest absolute Gasteiger partial charge is 0.255 e. The number of aromatic nitrogens is 1. The predicted molar refractivity (Wildman–Crippen MR) is 74.6 cm³/mol. The van der Waals surface area contributed by atoms with E-state index in [0.717, 1.165) is 25.0 Å². The van der Waals surface area contributed by atoms with Gasteiger partial charge in [-0.15, -0.1) is 0 Å². The molecule has 2 atom stereocenters. The molecule has 1 aromatic heterocycles. The second-order valence-corrected chi connectivity index (χ2v) is 6.43. The van der Waals surface area contributed by atoms with Gasteiger partial charge in [0.1, 0.15) is 0 Å². The lowest BCUT2D eigenvalue weighted by atomic mass is 10.1. The first-order chi connectivity index (χ1) is 9.79. The van der Waals surface area contributed by atoms with E-state index in [1.165, 1.54) is 32.1 Å². The summed E-state index contributed by atoms with van der Waals surface area (Å²) in [5.41, 5.74) is 0.691. The van der Waals surface area contributed by atoms with Crippen molar-refractivity contribution in [3.8, 4) is 5.88 Å². The molecule has 0 spiro atoms. The first-order valence-electron chi connectivity index (χ1n) is 7.69. The van der Waals surface area contributed by atoms with E-state index in [1.54, 1.807) is 6.20 Å². The highest BCUT2D eigenvalue weighted by Crippen LogP contribution is 2.38. The molecule has 4 nitrogen and oxygen atoms in total. The van der Waals surface area contributed by atoms with E-state index in [4.69, 9.17) is 4.74 Å². The van der Waals surface area contributed by atoms with Crippen molar-refractivity contribution in [2.45, 2.75) is 38.1 Å². The predicted octanol–water partition coefficient (Wildman–Crippen LogP) is 2.49. The highest BCUT2D eigenvalue weighted by molar-refractivity contribution is 5.94. The van der Waals surface area contributed by atoms with E-state index in [1.807, 2.05) is 17.0 Å². The van der Waals surface area contributed by atoms with Gasteiger partial charge in [-0.25, -0.2) is 4.98 Å². The highest BCUT2D eigenvalue weighted by atomic mass is 16.5. The average molecular weight is 272 g/mol. The highest BCUT2D eigenvalue weighted by Gasteiger charge is 2.40. The second-order valence-electron chi connectivity index (χ2n) is 6.43. The van der Waals surface area contributed by atoms with Crippen LogP contribution < -0.4 is 4.74 Å². The van der Waals surface area contributed by atoms with E-state index in [0.29, 0.717) is 17.5 Å². The maximum absolute atomic E-state index is 12.5. The van der Waals surface area contributed by atoms with Crippen LogP contribution in [0.15, 0.2) is 18.3 Å². The molecule has 0 radical (unpaired) electrons. The number of fused-ring (bicyclic) bond motifs is 2. The van der Waals surface area contributed by atoms with Crippen LogP contribution in [-0.2, 0) is 0 Å². The second kappa shape index (κ2) is 4.76. The van der Waals surface area contributed by atoms with Crippen molar-refractivity contribution < 1.29 is 9.53 Å². The SMILES string of the molecule is O=C(c1ccc(OCC2CC2)nc1)N1C[C@@H]2CC[C@H]1C2. The Morgan fingerprint density at radius 1 is 1.30 bits per heavy atom. The molecule has 1 saturated heterocycles. The third kappa shape index (κ3) is 2.28. The molecule has 1 amide bonds. The molecule has 2 aliphatic carbocycles. The number of rotatable bonds is 4. The molecule has 3 fully saturated rings. The molecule has 4 rings (SSSR count).